The van der Waals surface area contributed by atoms with E-state index in [4.69, 9.17) is 23.2 Å². The van der Waals surface area contributed by atoms with Crippen LogP contribution in [0.1, 0.15) is 19.3 Å². The Labute approximate surface area is 135 Å². The van der Waals surface area contributed by atoms with Crippen LogP contribution in [-0.2, 0) is 0 Å². The van der Waals surface area contributed by atoms with Crippen molar-refractivity contribution in [3.8, 4) is 0 Å². The fourth-order valence-corrected chi connectivity index (χ4v) is 2.85. The molecule has 2 amide bonds. The summed E-state index contributed by atoms with van der Waals surface area (Å²) in [6.07, 6.45) is 3.31. The third kappa shape index (κ3) is 4.77. The smallest absolute Gasteiger partial charge is 0.321 e. The number of benzene rings is 1. The fraction of sp³-hybridized carbons (Fsp3) is 0.533. The van der Waals surface area contributed by atoms with Gasteiger partial charge in [-0.15, -0.1) is 0 Å². The van der Waals surface area contributed by atoms with E-state index in [0.717, 1.165) is 32.5 Å². The van der Waals surface area contributed by atoms with Gasteiger partial charge in [0.1, 0.15) is 0 Å². The summed E-state index contributed by atoms with van der Waals surface area (Å²) in [4.78, 5) is 14.1. The van der Waals surface area contributed by atoms with Gasteiger partial charge < -0.3 is 15.5 Å². The van der Waals surface area contributed by atoms with E-state index in [1.807, 2.05) is 11.9 Å². The van der Waals surface area contributed by atoms with E-state index < -0.39 is 0 Å². The molecule has 2 rings (SSSR count). The second-order valence-corrected chi connectivity index (χ2v) is 6.20. The van der Waals surface area contributed by atoms with Crippen LogP contribution >= 0.6 is 23.2 Å². The zero-order valence-corrected chi connectivity index (χ0v) is 13.7. The summed E-state index contributed by atoms with van der Waals surface area (Å²) in [5.74, 6) is 0.714. The van der Waals surface area contributed by atoms with Crippen molar-refractivity contribution in [1.82, 2.24) is 10.2 Å². The van der Waals surface area contributed by atoms with Gasteiger partial charge in [0.25, 0.3) is 0 Å². The van der Waals surface area contributed by atoms with Gasteiger partial charge in [0.2, 0.25) is 0 Å². The Bertz CT molecular complexity index is 488. The molecule has 0 spiro atoms. The number of piperidine rings is 1. The number of carbonyl (C=O) groups excluding carboxylic acids is 1. The summed E-state index contributed by atoms with van der Waals surface area (Å²) in [6.45, 7) is 2.66. The largest absolute Gasteiger partial charge is 0.325 e. The summed E-state index contributed by atoms with van der Waals surface area (Å²) in [5, 5.41) is 6.98. The number of nitrogens with zero attached hydrogens (tertiary/aromatic N) is 1. The molecule has 21 heavy (non-hydrogen) atoms. The van der Waals surface area contributed by atoms with E-state index in [1.54, 1.807) is 18.2 Å². The molecule has 1 aliphatic heterocycles. The lowest BCUT2D eigenvalue weighted by Gasteiger charge is -2.32. The van der Waals surface area contributed by atoms with Gasteiger partial charge in [-0.2, -0.15) is 0 Å². The van der Waals surface area contributed by atoms with E-state index >= 15 is 0 Å². The minimum absolute atomic E-state index is 0.0690. The molecule has 0 radical (unpaired) electrons. The third-order valence-corrected chi connectivity index (χ3v) is 4.61. The Balaban J connectivity index is 1.83. The molecule has 1 fully saturated rings. The molecule has 1 aromatic rings. The van der Waals surface area contributed by atoms with Crippen LogP contribution in [-0.4, -0.2) is 37.6 Å². The summed E-state index contributed by atoms with van der Waals surface area (Å²) >= 11 is 11.8. The molecule has 0 unspecified atom stereocenters. The number of hydrogen-bond acceptors (Lipinski definition) is 2. The molecule has 1 saturated heterocycles. The molecule has 1 aromatic carbocycles. The lowest BCUT2D eigenvalue weighted by Crippen LogP contribution is -2.41. The molecular weight excluding hydrogens is 309 g/mol. The quantitative estimate of drug-likeness (QED) is 0.881. The van der Waals surface area contributed by atoms with E-state index in [0.29, 0.717) is 21.7 Å². The molecule has 2 N–H and O–H groups in total. The third-order valence-electron chi connectivity index (χ3n) is 3.88. The average molecular weight is 330 g/mol. The van der Waals surface area contributed by atoms with Gasteiger partial charge in [-0.05, 0) is 57.0 Å². The van der Waals surface area contributed by atoms with Gasteiger partial charge in [-0.25, -0.2) is 4.79 Å². The van der Waals surface area contributed by atoms with Crippen molar-refractivity contribution in [2.45, 2.75) is 19.3 Å². The van der Waals surface area contributed by atoms with Crippen LogP contribution in [0.4, 0.5) is 10.5 Å². The summed E-state index contributed by atoms with van der Waals surface area (Å²) < 4.78 is 0. The molecule has 0 aromatic heterocycles. The summed E-state index contributed by atoms with van der Waals surface area (Å²) in [6, 6.07) is 5.04. The monoisotopic (exact) mass is 329 g/mol. The van der Waals surface area contributed by atoms with Crippen LogP contribution in [0.5, 0.6) is 0 Å². The maximum atomic E-state index is 12.2. The molecule has 0 atom stereocenters. The zero-order valence-electron chi connectivity index (χ0n) is 12.2. The molecule has 0 aliphatic carbocycles. The lowest BCUT2D eigenvalue weighted by atomic mass is 9.94. The van der Waals surface area contributed by atoms with Gasteiger partial charge in [0, 0.05) is 18.8 Å². The van der Waals surface area contributed by atoms with Crippen LogP contribution in [0, 0.1) is 5.92 Å². The van der Waals surface area contributed by atoms with Crippen molar-refractivity contribution in [1.29, 1.82) is 0 Å². The van der Waals surface area contributed by atoms with Crippen molar-refractivity contribution in [3.05, 3.63) is 28.2 Å². The first-order valence-electron chi connectivity index (χ1n) is 7.25. The van der Waals surface area contributed by atoms with Gasteiger partial charge in [-0.3, -0.25) is 0 Å². The zero-order chi connectivity index (χ0) is 15.2. The molecule has 0 bridgehead atoms. The van der Waals surface area contributed by atoms with E-state index in [-0.39, 0.29) is 6.03 Å². The molecule has 6 heteroatoms. The van der Waals surface area contributed by atoms with E-state index in [1.165, 1.54) is 6.42 Å². The first-order chi connectivity index (χ1) is 10.1. The molecular formula is C15H21Cl2N3O. The Morgan fingerprint density at radius 2 is 2.00 bits per heavy atom. The fourth-order valence-electron chi connectivity index (χ4n) is 2.55. The number of urea groups is 1. The predicted octanol–water partition coefficient (Wildman–Crippen LogP) is 3.85. The van der Waals surface area contributed by atoms with Crippen LogP contribution < -0.4 is 10.6 Å². The maximum absolute atomic E-state index is 12.2. The van der Waals surface area contributed by atoms with Crippen LogP contribution in [0.2, 0.25) is 10.0 Å². The molecule has 1 heterocycles. The van der Waals surface area contributed by atoms with Gasteiger partial charge in [0.05, 0.1) is 10.0 Å². The average Bonchev–Trinajstić information content (AvgIpc) is 2.49. The number of likely N-dealkylation sites (tertiary alicyclic amines) is 1. The minimum atomic E-state index is -0.0690. The normalized spacial score (nSPS) is 16.0. The highest BCUT2D eigenvalue weighted by atomic mass is 35.5. The second-order valence-electron chi connectivity index (χ2n) is 5.38. The van der Waals surface area contributed by atoms with E-state index in [2.05, 4.69) is 10.6 Å². The number of hydrogen-bond donors (Lipinski definition) is 2. The molecule has 1 aliphatic rings. The highest BCUT2D eigenvalue weighted by Crippen LogP contribution is 2.26. The number of rotatable bonds is 4. The van der Waals surface area contributed by atoms with Crippen LogP contribution in [0.25, 0.3) is 0 Å². The highest BCUT2D eigenvalue weighted by Gasteiger charge is 2.22. The number of amides is 2. The molecule has 4 nitrogen and oxygen atoms in total. The Morgan fingerprint density at radius 1 is 1.29 bits per heavy atom. The summed E-state index contributed by atoms with van der Waals surface area (Å²) in [7, 11) is 1.97. The number of anilines is 1. The van der Waals surface area contributed by atoms with Gasteiger partial charge in [-0.1, -0.05) is 23.2 Å². The van der Waals surface area contributed by atoms with Crippen LogP contribution in [0.3, 0.4) is 0 Å². The SMILES string of the molecule is CNCCC1CCN(C(=O)Nc2ccc(Cl)c(Cl)c2)CC1. The van der Waals surface area contributed by atoms with Gasteiger partial charge in [0.15, 0.2) is 0 Å². The number of halogens is 2. The summed E-state index contributed by atoms with van der Waals surface area (Å²) in [5.41, 5.74) is 0.673. The molecule has 0 saturated carbocycles. The first-order valence-corrected chi connectivity index (χ1v) is 8.01. The Hall–Kier alpha value is -0.970. The molecule has 116 valence electrons. The first kappa shape index (κ1) is 16.4. The van der Waals surface area contributed by atoms with Crippen LogP contribution in [0.15, 0.2) is 18.2 Å². The van der Waals surface area contributed by atoms with Crippen molar-refractivity contribution < 1.29 is 4.79 Å². The lowest BCUT2D eigenvalue weighted by molar-refractivity contribution is 0.180. The number of carbonyl (C=O) groups is 1. The number of nitrogens with one attached hydrogen (secondary N) is 2. The topological polar surface area (TPSA) is 44.4 Å². The van der Waals surface area contributed by atoms with E-state index in [9.17, 15) is 4.79 Å². The Morgan fingerprint density at radius 3 is 2.62 bits per heavy atom. The standard InChI is InChI=1S/C15H21Cl2N3O/c1-18-7-4-11-5-8-20(9-6-11)15(21)19-12-2-3-13(16)14(17)10-12/h2-3,10-11,18H,4-9H2,1H3,(H,19,21). The second kappa shape index (κ2) is 7.87. The maximum Gasteiger partial charge on any atom is 0.321 e. The van der Waals surface area contributed by atoms with Crippen molar-refractivity contribution in [2.24, 2.45) is 5.92 Å². The highest BCUT2D eigenvalue weighted by molar-refractivity contribution is 6.42. The Kier molecular flexibility index (Phi) is 6.15. The van der Waals surface area contributed by atoms with Crippen molar-refractivity contribution in [3.63, 3.8) is 0 Å². The van der Waals surface area contributed by atoms with Crippen molar-refractivity contribution in [2.75, 3.05) is 32.0 Å². The van der Waals surface area contributed by atoms with Gasteiger partial charge >= 0.3 is 6.03 Å². The predicted molar refractivity (Wildman–Crippen MR) is 88.3 cm³/mol. The van der Waals surface area contributed by atoms with Crippen molar-refractivity contribution >= 4 is 34.9 Å². The minimum Gasteiger partial charge on any atom is -0.325 e.